The van der Waals surface area contributed by atoms with Crippen molar-refractivity contribution in [2.45, 2.75) is 31.2 Å². The van der Waals surface area contributed by atoms with Crippen LogP contribution in [0.15, 0.2) is 36.8 Å². The van der Waals surface area contributed by atoms with Crippen LogP contribution in [0.1, 0.15) is 29.8 Å². The third kappa shape index (κ3) is 2.58. The van der Waals surface area contributed by atoms with E-state index in [4.69, 9.17) is 0 Å². The second-order valence-electron chi connectivity index (χ2n) is 8.27. The number of amides is 1. The van der Waals surface area contributed by atoms with Crippen molar-refractivity contribution in [1.29, 1.82) is 0 Å². The molecule has 1 saturated heterocycles. The van der Waals surface area contributed by atoms with Gasteiger partial charge < -0.3 is 14.5 Å². The molecule has 0 unspecified atom stereocenters. The third-order valence-electron chi connectivity index (χ3n) is 6.85. The van der Waals surface area contributed by atoms with Gasteiger partial charge in [-0.05, 0) is 31.5 Å². The second kappa shape index (κ2) is 6.48. The number of fused-ring (bicyclic) bond motifs is 3. The molecule has 0 saturated carbocycles. The van der Waals surface area contributed by atoms with Crippen molar-refractivity contribution < 1.29 is 4.79 Å². The van der Waals surface area contributed by atoms with Crippen molar-refractivity contribution in [3.63, 3.8) is 0 Å². The van der Waals surface area contributed by atoms with Crippen molar-refractivity contribution in [2.24, 2.45) is 7.05 Å². The molecule has 5 rings (SSSR count). The Hall–Kier alpha value is -2.60. The number of nitrogens with one attached hydrogen (secondary N) is 1. The van der Waals surface area contributed by atoms with Crippen LogP contribution in [0, 0.1) is 0 Å². The van der Waals surface area contributed by atoms with Crippen LogP contribution in [0.4, 0.5) is 0 Å². The highest BCUT2D eigenvalue weighted by atomic mass is 16.2. The van der Waals surface area contributed by atoms with E-state index in [2.05, 4.69) is 44.8 Å². The molecular formula is C22H27N5O. The second-order valence-corrected chi connectivity index (χ2v) is 8.27. The first-order chi connectivity index (χ1) is 13.6. The molecule has 1 spiro atoms. The predicted octanol–water partition coefficient (Wildman–Crippen LogP) is 2.45. The Morgan fingerprint density at radius 2 is 1.96 bits per heavy atom. The minimum Gasteiger partial charge on any atom is -0.350 e. The number of benzene rings is 1. The minimum absolute atomic E-state index is 0.0240. The summed E-state index contributed by atoms with van der Waals surface area (Å²) < 4.78 is 2.11. The highest BCUT2D eigenvalue weighted by Crippen LogP contribution is 2.41. The van der Waals surface area contributed by atoms with Crippen LogP contribution >= 0.6 is 0 Å². The van der Waals surface area contributed by atoms with E-state index in [0.717, 1.165) is 44.5 Å². The van der Waals surface area contributed by atoms with Gasteiger partial charge in [0.15, 0.2) is 0 Å². The number of nitrogens with zero attached hydrogens (tertiary/aromatic N) is 4. The molecule has 28 heavy (non-hydrogen) atoms. The Kier molecular flexibility index (Phi) is 4.05. The fourth-order valence-electron chi connectivity index (χ4n) is 5.17. The molecular weight excluding hydrogens is 350 g/mol. The summed E-state index contributed by atoms with van der Waals surface area (Å²) in [5, 5.41) is 1.18. The molecule has 1 fully saturated rings. The monoisotopic (exact) mass is 377 g/mol. The SMILES string of the molecule is CN1CCc2[nH]cnc2C12CCN(C(=O)Cc1cn(C)c3ccccc13)CC2. The first kappa shape index (κ1) is 17.5. The number of piperidine rings is 1. The Balaban J connectivity index is 1.33. The van der Waals surface area contributed by atoms with Crippen LogP contribution in [0.5, 0.6) is 0 Å². The molecule has 0 bridgehead atoms. The van der Waals surface area contributed by atoms with Gasteiger partial charge in [0.25, 0.3) is 0 Å². The number of likely N-dealkylation sites (tertiary alicyclic amines) is 1. The maximum atomic E-state index is 13.1. The molecule has 0 radical (unpaired) electrons. The summed E-state index contributed by atoms with van der Waals surface area (Å²) >= 11 is 0. The summed E-state index contributed by atoms with van der Waals surface area (Å²) in [4.78, 5) is 25.5. The fourth-order valence-corrected chi connectivity index (χ4v) is 5.17. The van der Waals surface area contributed by atoms with E-state index in [0.29, 0.717) is 6.42 Å². The lowest BCUT2D eigenvalue weighted by atomic mass is 9.79. The van der Waals surface area contributed by atoms with Crippen molar-refractivity contribution >= 4 is 16.8 Å². The number of likely N-dealkylation sites (N-methyl/N-ethyl adjacent to an activating group) is 1. The van der Waals surface area contributed by atoms with Crippen LogP contribution in [0.25, 0.3) is 10.9 Å². The summed E-state index contributed by atoms with van der Waals surface area (Å²) in [6, 6.07) is 8.30. The number of rotatable bonds is 2. The van der Waals surface area contributed by atoms with Gasteiger partial charge in [0.2, 0.25) is 5.91 Å². The normalized spacial score (nSPS) is 19.3. The minimum atomic E-state index is -0.0240. The lowest BCUT2D eigenvalue weighted by Gasteiger charge is -2.49. The number of aryl methyl sites for hydroxylation is 1. The summed E-state index contributed by atoms with van der Waals surface area (Å²) in [6.45, 7) is 2.62. The number of para-hydroxylation sites is 1. The van der Waals surface area contributed by atoms with Gasteiger partial charge in [0, 0.05) is 55.9 Å². The molecule has 0 atom stereocenters. The Morgan fingerprint density at radius 3 is 2.79 bits per heavy atom. The van der Waals surface area contributed by atoms with Crippen molar-refractivity contribution in [3.05, 3.63) is 53.7 Å². The van der Waals surface area contributed by atoms with Crippen molar-refractivity contribution in [1.82, 2.24) is 24.3 Å². The van der Waals surface area contributed by atoms with E-state index in [1.54, 1.807) is 0 Å². The van der Waals surface area contributed by atoms with E-state index in [1.165, 1.54) is 22.3 Å². The van der Waals surface area contributed by atoms with Crippen LogP contribution in [0.3, 0.4) is 0 Å². The van der Waals surface area contributed by atoms with Gasteiger partial charge in [-0.2, -0.15) is 0 Å². The lowest BCUT2D eigenvalue weighted by molar-refractivity contribution is -0.133. The number of carbonyl (C=O) groups excluding carboxylic acids is 1. The molecule has 1 N–H and O–H groups in total. The molecule has 0 aliphatic carbocycles. The first-order valence-corrected chi connectivity index (χ1v) is 10.1. The molecule has 2 aromatic heterocycles. The van der Waals surface area contributed by atoms with Gasteiger partial charge in [-0.15, -0.1) is 0 Å². The Bertz CT molecular complexity index is 1020. The molecule has 6 nitrogen and oxygen atoms in total. The molecule has 3 aromatic rings. The average molecular weight is 377 g/mol. The predicted molar refractivity (Wildman–Crippen MR) is 109 cm³/mol. The molecule has 2 aliphatic rings. The number of imidazole rings is 1. The van der Waals surface area contributed by atoms with Crippen molar-refractivity contribution in [3.8, 4) is 0 Å². The van der Waals surface area contributed by atoms with E-state index < -0.39 is 0 Å². The summed E-state index contributed by atoms with van der Waals surface area (Å²) in [5.41, 5.74) is 4.74. The molecule has 1 aromatic carbocycles. The zero-order chi connectivity index (χ0) is 19.3. The molecule has 6 heteroatoms. The number of hydrogen-bond donors (Lipinski definition) is 1. The number of aromatic nitrogens is 3. The number of hydrogen-bond acceptors (Lipinski definition) is 3. The zero-order valence-electron chi connectivity index (χ0n) is 16.6. The van der Waals surface area contributed by atoms with Crippen LogP contribution in [-0.2, 0) is 30.2 Å². The summed E-state index contributed by atoms with van der Waals surface area (Å²) in [7, 11) is 4.24. The average Bonchev–Trinajstić information content (AvgIpc) is 3.32. The quantitative estimate of drug-likeness (QED) is 0.746. The molecule has 146 valence electrons. The van der Waals surface area contributed by atoms with E-state index in [9.17, 15) is 4.79 Å². The maximum absolute atomic E-state index is 13.1. The third-order valence-corrected chi connectivity index (χ3v) is 6.85. The van der Waals surface area contributed by atoms with Gasteiger partial charge in [-0.1, -0.05) is 18.2 Å². The molecule has 2 aliphatic heterocycles. The van der Waals surface area contributed by atoms with Gasteiger partial charge in [-0.25, -0.2) is 4.98 Å². The van der Waals surface area contributed by atoms with E-state index in [1.807, 2.05) is 30.4 Å². The van der Waals surface area contributed by atoms with E-state index >= 15 is 0 Å². The Morgan fingerprint density at radius 1 is 1.18 bits per heavy atom. The maximum Gasteiger partial charge on any atom is 0.227 e. The zero-order valence-corrected chi connectivity index (χ0v) is 16.6. The van der Waals surface area contributed by atoms with Gasteiger partial charge in [0.05, 0.1) is 24.0 Å². The van der Waals surface area contributed by atoms with Gasteiger partial charge >= 0.3 is 0 Å². The number of carbonyl (C=O) groups is 1. The molecule has 1 amide bonds. The number of H-pyrrole nitrogens is 1. The molecule has 4 heterocycles. The van der Waals surface area contributed by atoms with Crippen LogP contribution < -0.4 is 0 Å². The van der Waals surface area contributed by atoms with Gasteiger partial charge in [-0.3, -0.25) is 9.69 Å². The Labute approximate surface area is 165 Å². The fraction of sp³-hybridized carbons (Fsp3) is 0.455. The van der Waals surface area contributed by atoms with Crippen molar-refractivity contribution in [2.75, 3.05) is 26.7 Å². The summed E-state index contributed by atoms with van der Waals surface area (Å²) in [5.74, 6) is 0.229. The summed E-state index contributed by atoms with van der Waals surface area (Å²) in [6.07, 6.45) is 7.31. The van der Waals surface area contributed by atoms with E-state index in [-0.39, 0.29) is 11.4 Å². The number of aromatic amines is 1. The topological polar surface area (TPSA) is 57.2 Å². The van der Waals surface area contributed by atoms with Crippen LogP contribution in [-0.4, -0.2) is 56.9 Å². The largest absolute Gasteiger partial charge is 0.350 e. The van der Waals surface area contributed by atoms with Crippen LogP contribution in [0.2, 0.25) is 0 Å². The van der Waals surface area contributed by atoms with Gasteiger partial charge in [0.1, 0.15) is 0 Å². The smallest absolute Gasteiger partial charge is 0.227 e. The lowest BCUT2D eigenvalue weighted by Crippen LogP contribution is -2.55. The highest BCUT2D eigenvalue weighted by molar-refractivity contribution is 5.89. The standard InChI is InChI=1S/C22H27N5O/c1-25-14-16(17-5-3-4-6-19(17)25)13-20(28)27-11-8-22(9-12-27)21-18(23-15-24-21)7-10-26(22)2/h3-6,14-15H,7-13H2,1-2H3,(H,23,24). The first-order valence-electron chi connectivity index (χ1n) is 10.1. The highest BCUT2D eigenvalue weighted by Gasteiger charge is 2.45.